The maximum absolute atomic E-state index is 12.1. The monoisotopic (exact) mass is 340 g/mol. The van der Waals surface area contributed by atoms with E-state index in [1.165, 1.54) is 37.6 Å². The molecule has 1 heterocycles. The Morgan fingerprint density at radius 1 is 1.23 bits per heavy atom. The number of nitrogens with one attached hydrogen (secondary N) is 1. The summed E-state index contributed by atoms with van der Waals surface area (Å²) in [7, 11) is -2.25. The van der Waals surface area contributed by atoms with Crippen LogP contribution in [0, 0.1) is 0 Å². The van der Waals surface area contributed by atoms with Crippen LogP contribution in [0.15, 0.2) is 47.5 Å². The molecule has 8 heteroatoms. The van der Waals surface area contributed by atoms with Crippen LogP contribution < -0.4 is 10.1 Å². The van der Waals surface area contributed by atoms with Crippen LogP contribution in [0.1, 0.15) is 0 Å². The molecule has 0 aliphatic carbocycles. The van der Waals surface area contributed by atoms with Crippen LogP contribution in [0.5, 0.6) is 5.88 Å². The fourth-order valence-electron chi connectivity index (χ4n) is 1.67. The maximum atomic E-state index is 12.1. The van der Waals surface area contributed by atoms with Crippen LogP contribution in [0.4, 0.5) is 5.69 Å². The molecule has 2 rings (SSSR count). The molecule has 0 fully saturated rings. The van der Waals surface area contributed by atoms with Crippen molar-refractivity contribution in [2.75, 3.05) is 18.2 Å². The molecule has 2 aromatic rings. The molecule has 0 atom stereocenters. The molecule has 0 unspecified atom stereocenters. The lowest BCUT2D eigenvalue weighted by Gasteiger charge is -2.07. The van der Waals surface area contributed by atoms with Crippen LogP contribution in [0.25, 0.3) is 0 Å². The van der Waals surface area contributed by atoms with Gasteiger partial charge in [0.2, 0.25) is 11.8 Å². The number of anilines is 1. The molecule has 1 aromatic carbocycles. The average Bonchev–Trinajstić information content (AvgIpc) is 2.48. The third-order valence-corrected chi connectivity index (χ3v) is 4.61. The molecule has 0 saturated heterocycles. The number of methoxy groups -OCH3 is 1. The normalized spacial score (nSPS) is 11.0. The molecule has 0 spiro atoms. The largest absolute Gasteiger partial charge is 0.481 e. The highest BCUT2D eigenvalue weighted by molar-refractivity contribution is 7.92. The number of carbonyl (C=O) groups is 1. The Balaban J connectivity index is 2.05. The van der Waals surface area contributed by atoms with Gasteiger partial charge in [0, 0.05) is 11.1 Å². The zero-order valence-electron chi connectivity index (χ0n) is 11.6. The number of halogens is 1. The highest BCUT2D eigenvalue weighted by atomic mass is 35.5. The third-order valence-electron chi connectivity index (χ3n) is 2.72. The number of carbonyl (C=O) groups excluding carboxylic acids is 1. The number of pyridine rings is 1. The smallest absolute Gasteiger partial charge is 0.240 e. The zero-order chi connectivity index (χ0) is 16.2. The van der Waals surface area contributed by atoms with Crippen LogP contribution in [0.2, 0.25) is 5.02 Å². The quantitative estimate of drug-likeness (QED) is 0.901. The van der Waals surface area contributed by atoms with Gasteiger partial charge in [-0.1, -0.05) is 11.6 Å². The molecule has 0 saturated carbocycles. The van der Waals surface area contributed by atoms with Gasteiger partial charge in [-0.25, -0.2) is 13.4 Å². The molecular weight excluding hydrogens is 328 g/mol. The van der Waals surface area contributed by atoms with E-state index in [0.717, 1.165) is 0 Å². The number of ether oxygens (including phenoxy) is 1. The highest BCUT2D eigenvalue weighted by Crippen LogP contribution is 2.16. The van der Waals surface area contributed by atoms with E-state index in [0.29, 0.717) is 16.6 Å². The lowest BCUT2D eigenvalue weighted by molar-refractivity contribution is -0.113. The van der Waals surface area contributed by atoms with Crippen LogP contribution in [0.3, 0.4) is 0 Å². The minimum absolute atomic E-state index is 0.0416. The molecule has 116 valence electrons. The summed E-state index contributed by atoms with van der Waals surface area (Å²) in [6.45, 7) is 0. The second-order valence-corrected chi connectivity index (χ2v) is 6.78. The molecule has 0 aliphatic rings. The molecule has 1 N–H and O–H groups in total. The Kier molecular flexibility index (Phi) is 4.99. The van der Waals surface area contributed by atoms with E-state index in [1.54, 1.807) is 12.1 Å². The van der Waals surface area contributed by atoms with Gasteiger partial charge in [-0.15, -0.1) is 0 Å². The van der Waals surface area contributed by atoms with Crippen molar-refractivity contribution in [1.82, 2.24) is 4.98 Å². The van der Waals surface area contributed by atoms with Crippen molar-refractivity contribution in [2.45, 2.75) is 4.90 Å². The second kappa shape index (κ2) is 6.76. The van der Waals surface area contributed by atoms with E-state index in [1.807, 2.05) is 0 Å². The predicted octanol–water partition coefficient (Wildman–Crippen LogP) is 2.16. The van der Waals surface area contributed by atoms with Gasteiger partial charge in [0.05, 0.1) is 23.9 Å². The van der Waals surface area contributed by atoms with Crippen molar-refractivity contribution >= 4 is 33.0 Å². The number of aromatic nitrogens is 1. The van der Waals surface area contributed by atoms with E-state index in [2.05, 4.69) is 10.3 Å². The molecule has 1 amide bonds. The molecule has 6 nitrogen and oxygen atoms in total. The number of rotatable bonds is 5. The predicted molar refractivity (Wildman–Crippen MR) is 82.9 cm³/mol. The van der Waals surface area contributed by atoms with Crippen molar-refractivity contribution in [1.29, 1.82) is 0 Å². The summed E-state index contributed by atoms with van der Waals surface area (Å²) in [5.74, 6) is -0.922. The van der Waals surface area contributed by atoms with Gasteiger partial charge in [-0.2, -0.15) is 0 Å². The Hall–Kier alpha value is -2.12. The zero-order valence-corrected chi connectivity index (χ0v) is 13.2. The first-order valence-corrected chi connectivity index (χ1v) is 8.22. The van der Waals surface area contributed by atoms with Crippen molar-refractivity contribution in [3.63, 3.8) is 0 Å². The number of nitrogens with zero attached hydrogens (tertiary/aromatic N) is 1. The van der Waals surface area contributed by atoms with Gasteiger partial charge in [0.25, 0.3) is 0 Å². The summed E-state index contributed by atoms with van der Waals surface area (Å²) >= 11 is 5.71. The summed E-state index contributed by atoms with van der Waals surface area (Å²) in [5, 5.41) is 2.89. The molecule has 0 aliphatic heterocycles. The Bertz CT molecular complexity index is 758. The molecule has 0 bridgehead atoms. The van der Waals surface area contributed by atoms with Crippen LogP contribution >= 0.6 is 11.6 Å². The summed E-state index contributed by atoms with van der Waals surface area (Å²) in [6, 6.07) is 8.77. The Labute approximate surface area is 133 Å². The van der Waals surface area contributed by atoms with Gasteiger partial charge in [0.15, 0.2) is 9.84 Å². The number of hydrogen-bond acceptors (Lipinski definition) is 5. The average molecular weight is 341 g/mol. The molecule has 0 radical (unpaired) electrons. The van der Waals surface area contributed by atoms with Gasteiger partial charge >= 0.3 is 0 Å². The topological polar surface area (TPSA) is 85.4 Å². The summed E-state index contributed by atoms with van der Waals surface area (Å²) in [6.07, 6.45) is 1.38. The summed E-state index contributed by atoms with van der Waals surface area (Å²) in [4.78, 5) is 15.8. The van der Waals surface area contributed by atoms with E-state index >= 15 is 0 Å². The fraction of sp³-hybridized carbons (Fsp3) is 0.143. The molecular formula is C14H13ClN2O4S. The minimum Gasteiger partial charge on any atom is -0.481 e. The standard InChI is InChI=1S/C14H13ClN2O4S/c1-21-14-7-4-11(8-16-14)17-13(18)9-22(19,20)12-5-2-10(15)3-6-12/h2-8H,9H2,1H3,(H,17,18). The number of hydrogen-bond donors (Lipinski definition) is 1. The van der Waals surface area contributed by atoms with Gasteiger partial charge in [0.1, 0.15) is 5.75 Å². The summed E-state index contributed by atoms with van der Waals surface area (Å²) in [5.41, 5.74) is 0.386. The first-order chi connectivity index (χ1) is 10.4. The Morgan fingerprint density at radius 2 is 1.91 bits per heavy atom. The highest BCUT2D eigenvalue weighted by Gasteiger charge is 2.19. The van der Waals surface area contributed by atoms with E-state index in [9.17, 15) is 13.2 Å². The van der Waals surface area contributed by atoms with E-state index in [4.69, 9.17) is 16.3 Å². The number of sulfone groups is 1. The second-order valence-electron chi connectivity index (χ2n) is 4.35. The van der Waals surface area contributed by atoms with Gasteiger partial charge in [-0.05, 0) is 30.3 Å². The van der Waals surface area contributed by atoms with E-state index in [-0.39, 0.29) is 4.90 Å². The Morgan fingerprint density at radius 3 is 2.45 bits per heavy atom. The van der Waals surface area contributed by atoms with E-state index < -0.39 is 21.5 Å². The van der Waals surface area contributed by atoms with Crippen LogP contribution in [-0.2, 0) is 14.6 Å². The summed E-state index contributed by atoms with van der Waals surface area (Å²) < 4.78 is 29.1. The maximum Gasteiger partial charge on any atom is 0.240 e. The fourth-order valence-corrected chi connectivity index (χ4v) is 2.93. The number of amides is 1. The lowest BCUT2D eigenvalue weighted by atomic mass is 10.4. The molecule has 1 aromatic heterocycles. The third kappa shape index (κ3) is 4.19. The van der Waals surface area contributed by atoms with Crippen LogP contribution in [-0.4, -0.2) is 32.2 Å². The van der Waals surface area contributed by atoms with Crippen molar-refractivity contribution < 1.29 is 17.9 Å². The minimum atomic E-state index is -3.72. The van der Waals surface area contributed by atoms with Crippen molar-refractivity contribution in [3.05, 3.63) is 47.6 Å². The SMILES string of the molecule is COc1ccc(NC(=O)CS(=O)(=O)c2ccc(Cl)cc2)cn1. The van der Waals surface area contributed by atoms with Crippen molar-refractivity contribution in [2.24, 2.45) is 0 Å². The van der Waals surface area contributed by atoms with Gasteiger partial charge in [-0.3, -0.25) is 4.79 Å². The molecule has 22 heavy (non-hydrogen) atoms. The first kappa shape index (κ1) is 16.3. The number of benzene rings is 1. The van der Waals surface area contributed by atoms with Gasteiger partial charge < -0.3 is 10.1 Å². The van der Waals surface area contributed by atoms with Crippen molar-refractivity contribution in [3.8, 4) is 5.88 Å². The first-order valence-electron chi connectivity index (χ1n) is 6.19. The lowest BCUT2D eigenvalue weighted by Crippen LogP contribution is -2.23.